The Labute approximate surface area is 115 Å². The first-order valence-corrected chi connectivity index (χ1v) is 6.50. The number of phenols is 1. The first kappa shape index (κ1) is 13.3. The summed E-state index contributed by atoms with van der Waals surface area (Å²) >= 11 is 1.60. The molecule has 98 valence electrons. The molecular formula is C14H14N2O2S. The summed E-state index contributed by atoms with van der Waals surface area (Å²) in [4.78, 5) is 12.8. The number of carbonyl (C=O) groups excluding carboxylic acids is 1. The third-order valence-electron chi connectivity index (χ3n) is 2.51. The van der Waals surface area contributed by atoms with E-state index in [1.165, 1.54) is 0 Å². The maximum Gasteiger partial charge on any atom is 0.316 e. The molecule has 0 bridgehead atoms. The Balaban J connectivity index is 2.13. The van der Waals surface area contributed by atoms with Crippen LogP contribution in [0.1, 0.15) is 5.56 Å². The van der Waals surface area contributed by atoms with Crippen LogP contribution in [0.15, 0.2) is 52.3 Å². The van der Waals surface area contributed by atoms with Gasteiger partial charge in [-0.1, -0.05) is 11.8 Å². The van der Waals surface area contributed by atoms with E-state index in [2.05, 4.69) is 5.32 Å². The molecule has 0 aliphatic heterocycles. The van der Waals surface area contributed by atoms with Gasteiger partial charge in [-0.3, -0.25) is 0 Å². The van der Waals surface area contributed by atoms with Crippen LogP contribution in [0.25, 0.3) is 0 Å². The highest BCUT2D eigenvalue weighted by Crippen LogP contribution is 2.32. The van der Waals surface area contributed by atoms with E-state index >= 15 is 0 Å². The Bertz CT molecular complexity index is 597. The monoisotopic (exact) mass is 274 g/mol. The van der Waals surface area contributed by atoms with Crippen molar-refractivity contribution >= 4 is 23.5 Å². The lowest BCUT2D eigenvalue weighted by Crippen LogP contribution is -2.19. The largest absolute Gasteiger partial charge is 0.508 e. The van der Waals surface area contributed by atoms with Crippen molar-refractivity contribution in [3.05, 3.63) is 48.0 Å². The predicted molar refractivity (Wildman–Crippen MR) is 76.6 cm³/mol. The van der Waals surface area contributed by atoms with Crippen molar-refractivity contribution in [2.45, 2.75) is 16.7 Å². The zero-order valence-corrected chi connectivity index (χ0v) is 11.2. The Morgan fingerprint density at radius 1 is 1.21 bits per heavy atom. The molecule has 0 heterocycles. The second kappa shape index (κ2) is 5.67. The van der Waals surface area contributed by atoms with E-state index in [0.717, 1.165) is 15.4 Å². The minimum absolute atomic E-state index is 0.267. The summed E-state index contributed by atoms with van der Waals surface area (Å²) in [6.45, 7) is 1.95. The summed E-state index contributed by atoms with van der Waals surface area (Å²) in [5.74, 6) is 0.267. The summed E-state index contributed by atoms with van der Waals surface area (Å²) in [5, 5.41) is 11.9. The number of hydrogen-bond acceptors (Lipinski definition) is 3. The fourth-order valence-corrected chi connectivity index (χ4v) is 2.51. The van der Waals surface area contributed by atoms with E-state index in [1.54, 1.807) is 36.0 Å². The van der Waals surface area contributed by atoms with Gasteiger partial charge in [-0.15, -0.1) is 0 Å². The van der Waals surface area contributed by atoms with Gasteiger partial charge in [-0.25, -0.2) is 4.79 Å². The van der Waals surface area contributed by atoms with Crippen LogP contribution < -0.4 is 11.1 Å². The van der Waals surface area contributed by atoms with E-state index in [0.29, 0.717) is 5.69 Å². The zero-order valence-electron chi connectivity index (χ0n) is 10.4. The zero-order chi connectivity index (χ0) is 13.8. The van der Waals surface area contributed by atoms with Crippen molar-refractivity contribution in [2.24, 2.45) is 5.73 Å². The Morgan fingerprint density at radius 2 is 1.89 bits per heavy atom. The van der Waals surface area contributed by atoms with Crippen molar-refractivity contribution in [3.63, 3.8) is 0 Å². The number of benzene rings is 2. The molecule has 0 unspecified atom stereocenters. The number of primary amides is 1. The lowest BCUT2D eigenvalue weighted by molar-refractivity contribution is 0.259. The molecular weight excluding hydrogens is 260 g/mol. The van der Waals surface area contributed by atoms with Crippen molar-refractivity contribution in [1.82, 2.24) is 0 Å². The minimum Gasteiger partial charge on any atom is -0.508 e. The quantitative estimate of drug-likeness (QED) is 0.803. The van der Waals surface area contributed by atoms with Gasteiger partial charge >= 0.3 is 6.03 Å². The van der Waals surface area contributed by atoms with Gasteiger partial charge in [0.2, 0.25) is 0 Å². The Hall–Kier alpha value is -2.14. The number of nitrogens with two attached hydrogens (primary N) is 1. The molecule has 0 atom stereocenters. The number of nitrogens with one attached hydrogen (secondary N) is 1. The van der Waals surface area contributed by atoms with Crippen molar-refractivity contribution in [1.29, 1.82) is 0 Å². The van der Waals surface area contributed by atoms with Crippen LogP contribution in [0.5, 0.6) is 5.75 Å². The van der Waals surface area contributed by atoms with Crippen LogP contribution in [0.4, 0.5) is 10.5 Å². The second-order valence-corrected chi connectivity index (χ2v) is 5.18. The minimum atomic E-state index is -0.574. The van der Waals surface area contributed by atoms with Gasteiger partial charge in [0.15, 0.2) is 0 Å². The Kier molecular flexibility index (Phi) is 3.97. The number of anilines is 1. The fraction of sp³-hybridized carbons (Fsp3) is 0.0714. The molecule has 2 aromatic carbocycles. The predicted octanol–water partition coefficient (Wildman–Crippen LogP) is 3.34. The molecule has 0 radical (unpaired) electrons. The number of urea groups is 1. The van der Waals surface area contributed by atoms with Crippen LogP contribution in [0.3, 0.4) is 0 Å². The molecule has 4 nitrogen and oxygen atoms in total. The summed E-state index contributed by atoms with van der Waals surface area (Å²) in [5.41, 5.74) is 6.73. The van der Waals surface area contributed by atoms with Crippen molar-refractivity contribution in [3.8, 4) is 5.75 Å². The van der Waals surface area contributed by atoms with Gasteiger partial charge in [0.05, 0.1) is 0 Å². The first-order valence-electron chi connectivity index (χ1n) is 5.68. The molecule has 2 rings (SSSR count). The molecule has 0 spiro atoms. The summed E-state index contributed by atoms with van der Waals surface area (Å²) in [7, 11) is 0. The van der Waals surface area contributed by atoms with Gasteiger partial charge in [0, 0.05) is 15.5 Å². The van der Waals surface area contributed by atoms with Crippen LogP contribution >= 0.6 is 11.8 Å². The molecule has 0 saturated carbocycles. The average molecular weight is 274 g/mol. The fourth-order valence-electron chi connectivity index (χ4n) is 1.62. The Morgan fingerprint density at radius 3 is 2.47 bits per heavy atom. The van der Waals surface area contributed by atoms with Gasteiger partial charge in [0.1, 0.15) is 5.75 Å². The smallest absolute Gasteiger partial charge is 0.316 e. The maximum atomic E-state index is 10.7. The number of phenolic OH excluding ortho intramolecular Hbond substituents is 1. The molecule has 19 heavy (non-hydrogen) atoms. The molecule has 0 aliphatic rings. The number of aromatic hydroxyl groups is 1. The van der Waals surface area contributed by atoms with E-state index in [-0.39, 0.29) is 5.75 Å². The lowest BCUT2D eigenvalue weighted by Gasteiger charge is -2.07. The highest BCUT2D eigenvalue weighted by atomic mass is 32.2. The number of hydrogen-bond donors (Lipinski definition) is 3. The molecule has 0 fully saturated rings. The van der Waals surface area contributed by atoms with Crippen LogP contribution in [0.2, 0.25) is 0 Å². The highest BCUT2D eigenvalue weighted by molar-refractivity contribution is 7.99. The molecule has 0 aromatic heterocycles. The third-order valence-corrected chi connectivity index (χ3v) is 3.69. The van der Waals surface area contributed by atoms with Crippen molar-refractivity contribution < 1.29 is 9.90 Å². The molecule has 0 aliphatic carbocycles. The summed E-state index contributed by atoms with van der Waals surface area (Å²) < 4.78 is 0. The van der Waals surface area contributed by atoms with Gasteiger partial charge in [-0.05, 0) is 55.0 Å². The molecule has 2 aromatic rings. The topological polar surface area (TPSA) is 75.3 Å². The maximum absolute atomic E-state index is 10.7. The van der Waals surface area contributed by atoms with E-state index in [9.17, 15) is 9.90 Å². The standard InChI is InChI=1S/C14H14N2O2S/c1-9-8-11(17)4-7-13(9)19-12-5-2-10(3-6-12)16-14(15)18/h2-8,17H,1H3,(H3,15,16,18). The third kappa shape index (κ3) is 3.66. The van der Waals surface area contributed by atoms with E-state index in [1.807, 2.05) is 25.1 Å². The summed E-state index contributed by atoms with van der Waals surface area (Å²) in [6, 6.07) is 12.1. The number of aryl methyl sites for hydroxylation is 1. The van der Waals surface area contributed by atoms with Crippen LogP contribution in [-0.4, -0.2) is 11.1 Å². The van der Waals surface area contributed by atoms with Crippen LogP contribution in [0, 0.1) is 6.92 Å². The highest BCUT2D eigenvalue weighted by Gasteiger charge is 2.03. The van der Waals surface area contributed by atoms with Gasteiger partial charge in [0.25, 0.3) is 0 Å². The van der Waals surface area contributed by atoms with Gasteiger partial charge < -0.3 is 16.2 Å². The first-order chi connectivity index (χ1) is 9.04. The van der Waals surface area contributed by atoms with Crippen LogP contribution in [-0.2, 0) is 0 Å². The molecule has 4 N–H and O–H groups in total. The average Bonchev–Trinajstić information content (AvgIpc) is 2.34. The van der Waals surface area contributed by atoms with Crippen molar-refractivity contribution in [2.75, 3.05) is 5.32 Å². The molecule has 5 heteroatoms. The second-order valence-electron chi connectivity index (χ2n) is 4.07. The number of amides is 2. The van der Waals surface area contributed by atoms with E-state index in [4.69, 9.17) is 5.73 Å². The van der Waals surface area contributed by atoms with Gasteiger partial charge in [-0.2, -0.15) is 0 Å². The molecule has 0 saturated heterocycles. The summed E-state index contributed by atoms with van der Waals surface area (Å²) in [6.07, 6.45) is 0. The lowest BCUT2D eigenvalue weighted by atomic mass is 10.2. The normalized spacial score (nSPS) is 10.2. The SMILES string of the molecule is Cc1cc(O)ccc1Sc1ccc(NC(N)=O)cc1. The number of carbonyl (C=O) groups is 1. The number of rotatable bonds is 3. The van der Waals surface area contributed by atoms with E-state index < -0.39 is 6.03 Å². The molecule has 2 amide bonds.